The summed E-state index contributed by atoms with van der Waals surface area (Å²) in [5, 5.41) is 3.29. The van der Waals surface area contributed by atoms with Gasteiger partial charge >= 0.3 is 0 Å². The molecule has 8 heteroatoms. The third kappa shape index (κ3) is 5.07. The number of nitrogens with zero attached hydrogens (tertiary/aromatic N) is 1. The Hall–Kier alpha value is -1.05. The molecule has 0 spiro atoms. The summed E-state index contributed by atoms with van der Waals surface area (Å²) in [6.45, 7) is 3.83. The normalized spacial score (nSPS) is 12.4. The molecule has 0 aliphatic heterocycles. The highest BCUT2D eigenvalue weighted by Crippen LogP contribution is 2.19. The zero-order chi connectivity index (χ0) is 14.0. The molecule has 1 heterocycles. The first-order valence-corrected chi connectivity index (χ1v) is 7.51. The Morgan fingerprint density at radius 1 is 1.44 bits per heavy atom. The van der Waals surface area contributed by atoms with Crippen molar-refractivity contribution in [2.75, 3.05) is 23.9 Å². The molecule has 4 N–H and O–H groups in total. The van der Waals surface area contributed by atoms with Crippen molar-refractivity contribution in [3.05, 3.63) is 17.3 Å². The summed E-state index contributed by atoms with van der Waals surface area (Å²) in [4.78, 5) is 4.02. The minimum atomic E-state index is -3.27. The van der Waals surface area contributed by atoms with Gasteiger partial charge in [-0.15, -0.1) is 0 Å². The van der Waals surface area contributed by atoms with Crippen LogP contribution in [-0.4, -0.2) is 31.7 Å². The van der Waals surface area contributed by atoms with Crippen LogP contribution in [0.5, 0.6) is 0 Å². The molecule has 0 saturated heterocycles. The molecule has 0 bridgehead atoms. The van der Waals surface area contributed by atoms with Gasteiger partial charge in [0.15, 0.2) is 5.82 Å². The maximum absolute atomic E-state index is 11.2. The van der Waals surface area contributed by atoms with Crippen LogP contribution in [0.4, 0.5) is 11.5 Å². The van der Waals surface area contributed by atoms with Gasteiger partial charge in [0.1, 0.15) is 5.15 Å². The van der Waals surface area contributed by atoms with E-state index in [1.54, 1.807) is 26.0 Å². The fourth-order valence-corrected chi connectivity index (χ4v) is 2.65. The molecule has 6 nitrogen and oxygen atoms in total. The van der Waals surface area contributed by atoms with Crippen molar-refractivity contribution in [2.45, 2.75) is 19.4 Å². The van der Waals surface area contributed by atoms with Crippen molar-refractivity contribution < 1.29 is 8.42 Å². The van der Waals surface area contributed by atoms with Gasteiger partial charge in [0.2, 0.25) is 10.0 Å². The van der Waals surface area contributed by atoms with Crippen molar-refractivity contribution in [1.82, 2.24) is 9.71 Å². The molecule has 0 amide bonds. The van der Waals surface area contributed by atoms with Crippen LogP contribution in [0.2, 0.25) is 5.15 Å². The molecule has 18 heavy (non-hydrogen) atoms. The van der Waals surface area contributed by atoms with Crippen LogP contribution in [0.25, 0.3) is 0 Å². The quantitative estimate of drug-likeness (QED) is 0.705. The summed E-state index contributed by atoms with van der Waals surface area (Å²) < 4.78 is 24.9. The van der Waals surface area contributed by atoms with E-state index < -0.39 is 15.6 Å². The predicted molar refractivity (Wildman–Crippen MR) is 74.2 cm³/mol. The van der Waals surface area contributed by atoms with E-state index in [1.165, 1.54) is 0 Å². The van der Waals surface area contributed by atoms with E-state index in [4.69, 9.17) is 17.3 Å². The highest BCUT2D eigenvalue weighted by atomic mass is 35.5. The number of aromatic nitrogens is 1. The lowest BCUT2D eigenvalue weighted by molar-refractivity contribution is 0.476. The summed E-state index contributed by atoms with van der Waals surface area (Å²) in [5.41, 5.74) is 5.51. The Morgan fingerprint density at radius 2 is 2.06 bits per heavy atom. The van der Waals surface area contributed by atoms with Crippen LogP contribution in [0.15, 0.2) is 12.1 Å². The second kappa shape index (κ2) is 5.29. The lowest BCUT2D eigenvalue weighted by atomic mass is 10.1. The number of rotatable bonds is 5. The fraction of sp³-hybridized carbons (Fsp3) is 0.500. The topological polar surface area (TPSA) is 97.1 Å². The maximum atomic E-state index is 11.2. The van der Waals surface area contributed by atoms with Crippen LogP contribution in [0.3, 0.4) is 0 Å². The number of nitrogen functional groups attached to an aromatic ring is 1. The number of hydrogen-bond acceptors (Lipinski definition) is 5. The molecule has 102 valence electrons. The van der Waals surface area contributed by atoms with Crippen molar-refractivity contribution in [2.24, 2.45) is 0 Å². The second-order valence-corrected chi connectivity index (χ2v) is 6.82. The first-order valence-electron chi connectivity index (χ1n) is 5.24. The Kier molecular flexibility index (Phi) is 4.41. The Balaban J connectivity index is 2.72. The highest BCUT2D eigenvalue weighted by molar-refractivity contribution is 7.88. The van der Waals surface area contributed by atoms with Gasteiger partial charge in [-0.25, -0.2) is 18.1 Å². The lowest BCUT2D eigenvalue weighted by Gasteiger charge is -2.25. The van der Waals surface area contributed by atoms with Crippen molar-refractivity contribution in [1.29, 1.82) is 0 Å². The first kappa shape index (κ1) is 15.0. The lowest BCUT2D eigenvalue weighted by Crippen LogP contribution is -2.47. The molecule has 0 atom stereocenters. The Labute approximate surface area is 112 Å². The van der Waals surface area contributed by atoms with Crippen LogP contribution >= 0.6 is 11.6 Å². The molecule has 1 aromatic rings. The summed E-state index contributed by atoms with van der Waals surface area (Å²) >= 11 is 5.76. The summed E-state index contributed by atoms with van der Waals surface area (Å²) in [6.07, 6.45) is 1.11. The van der Waals surface area contributed by atoms with E-state index in [0.29, 0.717) is 23.2 Å². The van der Waals surface area contributed by atoms with Crippen LogP contribution in [-0.2, 0) is 10.0 Å². The smallest absolute Gasteiger partial charge is 0.209 e. The molecule has 0 fully saturated rings. The number of sulfonamides is 1. The molecular weight excluding hydrogens is 276 g/mol. The highest BCUT2D eigenvalue weighted by Gasteiger charge is 2.22. The number of nitrogens with one attached hydrogen (secondary N) is 2. The number of halogens is 1. The minimum Gasteiger partial charge on any atom is -0.396 e. The van der Waals surface area contributed by atoms with E-state index >= 15 is 0 Å². The largest absolute Gasteiger partial charge is 0.396 e. The number of nitrogens with two attached hydrogens (primary N) is 1. The third-order valence-electron chi connectivity index (χ3n) is 2.05. The van der Waals surface area contributed by atoms with Gasteiger partial charge in [0, 0.05) is 12.1 Å². The van der Waals surface area contributed by atoms with E-state index in [1.807, 2.05) is 0 Å². The van der Waals surface area contributed by atoms with E-state index in [0.717, 1.165) is 6.26 Å². The van der Waals surface area contributed by atoms with Gasteiger partial charge in [-0.1, -0.05) is 11.6 Å². The van der Waals surface area contributed by atoms with E-state index in [-0.39, 0.29) is 0 Å². The standard InChI is InChI=1S/C10H17ClN4O2S/c1-10(2,15-18(3,16)17)6-13-9-7(12)4-5-8(11)14-9/h4-5,15H,6,12H2,1-3H3,(H,13,14). The first-order chi connectivity index (χ1) is 8.09. The zero-order valence-corrected chi connectivity index (χ0v) is 12.1. The molecule has 0 unspecified atom stereocenters. The van der Waals surface area contributed by atoms with Gasteiger partial charge < -0.3 is 11.1 Å². The molecule has 1 rings (SSSR count). The van der Waals surface area contributed by atoms with Gasteiger partial charge in [-0.3, -0.25) is 0 Å². The summed E-state index contributed by atoms with van der Waals surface area (Å²) in [7, 11) is -3.27. The predicted octanol–water partition coefficient (Wildman–Crippen LogP) is 1.06. The van der Waals surface area contributed by atoms with Gasteiger partial charge in [0.05, 0.1) is 11.9 Å². The average Bonchev–Trinajstić information content (AvgIpc) is 2.16. The van der Waals surface area contributed by atoms with Gasteiger partial charge in [-0.2, -0.15) is 0 Å². The maximum Gasteiger partial charge on any atom is 0.209 e. The molecule has 0 aliphatic carbocycles. The number of hydrogen-bond donors (Lipinski definition) is 3. The SMILES string of the molecule is CC(C)(CNc1nc(Cl)ccc1N)NS(C)(=O)=O. The molecule has 0 aromatic carbocycles. The van der Waals surface area contributed by atoms with Crippen molar-refractivity contribution >= 4 is 33.1 Å². The van der Waals surface area contributed by atoms with Gasteiger partial charge in [-0.05, 0) is 26.0 Å². The van der Waals surface area contributed by atoms with E-state index in [2.05, 4.69) is 15.0 Å². The minimum absolute atomic E-state index is 0.320. The van der Waals surface area contributed by atoms with Crippen molar-refractivity contribution in [3.8, 4) is 0 Å². The number of pyridine rings is 1. The number of anilines is 2. The van der Waals surface area contributed by atoms with Crippen LogP contribution < -0.4 is 15.8 Å². The zero-order valence-electron chi connectivity index (χ0n) is 10.5. The third-order valence-corrected chi connectivity index (χ3v) is 3.19. The second-order valence-electron chi connectivity index (χ2n) is 4.68. The molecule has 1 aromatic heterocycles. The van der Waals surface area contributed by atoms with Crippen LogP contribution in [0.1, 0.15) is 13.8 Å². The van der Waals surface area contributed by atoms with Crippen LogP contribution in [0, 0.1) is 0 Å². The molecular formula is C10H17ClN4O2S. The average molecular weight is 293 g/mol. The summed E-state index contributed by atoms with van der Waals surface area (Å²) in [5.74, 6) is 0.436. The Morgan fingerprint density at radius 3 is 2.61 bits per heavy atom. The summed E-state index contributed by atoms with van der Waals surface area (Å²) in [6, 6.07) is 3.22. The molecule has 0 aliphatic rings. The van der Waals surface area contributed by atoms with Gasteiger partial charge in [0.25, 0.3) is 0 Å². The fourth-order valence-electron chi connectivity index (χ4n) is 1.43. The molecule has 0 radical (unpaired) electrons. The van der Waals surface area contributed by atoms with E-state index in [9.17, 15) is 8.42 Å². The monoisotopic (exact) mass is 292 g/mol. The Bertz CT molecular complexity index is 531. The van der Waals surface area contributed by atoms with Crippen molar-refractivity contribution in [3.63, 3.8) is 0 Å². The molecule has 0 saturated carbocycles.